The van der Waals surface area contributed by atoms with Crippen molar-refractivity contribution in [3.05, 3.63) is 45.6 Å². The van der Waals surface area contributed by atoms with Crippen molar-refractivity contribution in [3.8, 4) is 6.07 Å². The van der Waals surface area contributed by atoms with Crippen LogP contribution in [-0.2, 0) is 0 Å². The van der Waals surface area contributed by atoms with Gasteiger partial charge in [-0.25, -0.2) is 4.39 Å². The summed E-state index contributed by atoms with van der Waals surface area (Å²) in [5.41, 5.74) is 9.47. The van der Waals surface area contributed by atoms with Crippen LogP contribution in [0.2, 0.25) is 0 Å². The number of aliphatic hydroxyl groups excluding tert-OH is 1. The van der Waals surface area contributed by atoms with E-state index in [1.807, 2.05) is 6.07 Å². The Morgan fingerprint density at radius 3 is 2.89 bits per heavy atom. The molecule has 1 aromatic rings. The summed E-state index contributed by atoms with van der Waals surface area (Å²) in [6, 6.07) is 5.67. The van der Waals surface area contributed by atoms with Gasteiger partial charge < -0.3 is 5.11 Å². The number of halogens is 1. The molecule has 1 N–H and O–H groups in total. The van der Waals surface area contributed by atoms with Crippen LogP contribution in [0.4, 0.5) is 4.39 Å². The average molecular weight is 260 g/mol. The minimum absolute atomic E-state index is 0.00157. The first-order valence-electron chi connectivity index (χ1n) is 6.07. The summed E-state index contributed by atoms with van der Waals surface area (Å²) in [5, 5.41) is 22.1. The first kappa shape index (κ1) is 13.3. The first-order chi connectivity index (χ1) is 9.13. The van der Waals surface area contributed by atoms with Crippen LogP contribution in [-0.4, -0.2) is 17.3 Å². The van der Waals surface area contributed by atoms with Crippen molar-refractivity contribution in [1.29, 1.82) is 5.26 Å². The molecule has 3 unspecified atom stereocenters. The van der Waals surface area contributed by atoms with E-state index in [0.717, 1.165) is 5.56 Å². The molecule has 0 saturated heterocycles. The molecule has 1 saturated carbocycles. The Labute approximate surface area is 109 Å². The maximum Gasteiger partial charge on any atom is 0.124 e. The number of rotatable bonds is 2. The second-order valence-corrected chi connectivity index (χ2v) is 4.73. The molecule has 0 aliphatic heterocycles. The Morgan fingerprint density at radius 1 is 1.42 bits per heavy atom. The van der Waals surface area contributed by atoms with Gasteiger partial charge in [0, 0.05) is 4.91 Å². The van der Waals surface area contributed by atoms with Crippen molar-refractivity contribution in [3.63, 3.8) is 0 Å². The summed E-state index contributed by atoms with van der Waals surface area (Å²) >= 11 is 0. The highest BCUT2D eigenvalue weighted by molar-refractivity contribution is 5.35. The lowest BCUT2D eigenvalue weighted by Crippen LogP contribution is -2.31. The molecule has 1 aliphatic carbocycles. The fourth-order valence-corrected chi connectivity index (χ4v) is 2.54. The minimum atomic E-state index is -0.642. The lowest BCUT2D eigenvalue weighted by molar-refractivity contribution is 0.101. The highest BCUT2D eigenvalue weighted by Crippen LogP contribution is 2.35. The van der Waals surface area contributed by atoms with Crippen LogP contribution in [0.25, 0.3) is 10.4 Å². The Balaban J connectivity index is 2.25. The summed E-state index contributed by atoms with van der Waals surface area (Å²) < 4.78 is 13.4. The topological polar surface area (TPSA) is 92.8 Å². The van der Waals surface area contributed by atoms with E-state index in [9.17, 15) is 9.50 Å². The number of aliphatic hydroxyl groups is 1. The van der Waals surface area contributed by atoms with Gasteiger partial charge in [0.2, 0.25) is 0 Å². The zero-order valence-electron chi connectivity index (χ0n) is 10.2. The van der Waals surface area contributed by atoms with E-state index in [1.165, 1.54) is 12.1 Å². The van der Waals surface area contributed by atoms with Gasteiger partial charge in [0.15, 0.2) is 0 Å². The molecule has 0 bridgehead atoms. The molecular formula is C13H13FN4O. The summed E-state index contributed by atoms with van der Waals surface area (Å²) in [5.74, 6) is -0.442. The maximum absolute atomic E-state index is 13.4. The second-order valence-electron chi connectivity index (χ2n) is 4.73. The van der Waals surface area contributed by atoms with Crippen LogP contribution in [0.1, 0.15) is 36.3 Å². The fraction of sp³-hybridized carbons (Fsp3) is 0.462. The maximum atomic E-state index is 13.4. The van der Waals surface area contributed by atoms with E-state index < -0.39 is 18.0 Å². The van der Waals surface area contributed by atoms with E-state index in [2.05, 4.69) is 10.0 Å². The van der Waals surface area contributed by atoms with Crippen molar-refractivity contribution in [1.82, 2.24) is 0 Å². The zero-order valence-corrected chi connectivity index (χ0v) is 10.2. The third-order valence-corrected chi connectivity index (χ3v) is 3.50. The normalized spacial score (nSPS) is 26.3. The predicted octanol–water partition coefficient (Wildman–Crippen LogP) is 3.00. The molecule has 0 radical (unpaired) electrons. The highest BCUT2D eigenvalue weighted by atomic mass is 19.1. The second kappa shape index (κ2) is 5.70. The molecule has 3 atom stereocenters. The van der Waals surface area contributed by atoms with E-state index in [0.29, 0.717) is 19.3 Å². The molecule has 0 aromatic heterocycles. The molecule has 1 aromatic carbocycles. The Kier molecular flexibility index (Phi) is 4.00. The molecule has 0 amide bonds. The van der Waals surface area contributed by atoms with E-state index in [-0.39, 0.29) is 11.5 Å². The van der Waals surface area contributed by atoms with Gasteiger partial charge in [0.05, 0.1) is 23.8 Å². The van der Waals surface area contributed by atoms with Crippen LogP contribution >= 0.6 is 0 Å². The third kappa shape index (κ3) is 3.02. The zero-order chi connectivity index (χ0) is 13.8. The number of azide groups is 1. The van der Waals surface area contributed by atoms with Gasteiger partial charge in [0.1, 0.15) is 5.82 Å². The van der Waals surface area contributed by atoms with Gasteiger partial charge in [-0.1, -0.05) is 5.11 Å². The van der Waals surface area contributed by atoms with Gasteiger partial charge >= 0.3 is 0 Å². The first-order valence-corrected chi connectivity index (χ1v) is 6.07. The van der Waals surface area contributed by atoms with Gasteiger partial charge in [-0.3, -0.25) is 0 Å². The van der Waals surface area contributed by atoms with Gasteiger partial charge in [-0.15, -0.1) is 0 Å². The lowest BCUT2D eigenvalue weighted by Gasteiger charge is -2.30. The molecule has 0 heterocycles. The quantitative estimate of drug-likeness (QED) is 0.502. The van der Waals surface area contributed by atoms with Crippen molar-refractivity contribution < 1.29 is 9.50 Å². The molecule has 5 nitrogen and oxygen atoms in total. The number of hydrogen-bond acceptors (Lipinski definition) is 3. The molecule has 1 fully saturated rings. The van der Waals surface area contributed by atoms with Gasteiger partial charge in [0.25, 0.3) is 0 Å². The molecule has 1 aliphatic rings. The minimum Gasteiger partial charge on any atom is -0.393 e. The Hall–Kier alpha value is -2.09. The van der Waals surface area contributed by atoms with Crippen LogP contribution in [0.5, 0.6) is 0 Å². The molecule has 98 valence electrons. The van der Waals surface area contributed by atoms with Gasteiger partial charge in [-0.2, -0.15) is 5.26 Å². The molecular weight excluding hydrogens is 247 g/mol. The average Bonchev–Trinajstić information content (AvgIpc) is 2.40. The molecule has 0 spiro atoms. The number of nitriles is 1. The number of benzene rings is 1. The summed E-state index contributed by atoms with van der Waals surface area (Å²) in [6.07, 6.45) is 1.02. The highest BCUT2D eigenvalue weighted by Gasteiger charge is 2.29. The Morgan fingerprint density at radius 2 is 2.21 bits per heavy atom. The molecule has 19 heavy (non-hydrogen) atoms. The fourth-order valence-electron chi connectivity index (χ4n) is 2.54. The SMILES string of the molecule is N#Cc1cc(F)cc(C2CCC(O)C(N=[N+]=[N-])C2)c1. The van der Waals surface area contributed by atoms with Crippen LogP contribution in [0, 0.1) is 17.1 Å². The van der Waals surface area contributed by atoms with Crippen molar-refractivity contribution in [2.24, 2.45) is 5.11 Å². The summed E-state index contributed by atoms with van der Waals surface area (Å²) in [4.78, 5) is 2.73. The van der Waals surface area contributed by atoms with Crippen molar-refractivity contribution in [2.45, 2.75) is 37.3 Å². The third-order valence-electron chi connectivity index (χ3n) is 3.50. The Bertz CT molecular complexity index is 562. The lowest BCUT2D eigenvalue weighted by atomic mass is 9.80. The number of hydrogen-bond donors (Lipinski definition) is 1. The summed E-state index contributed by atoms with van der Waals surface area (Å²) in [7, 11) is 0. The van der Waals surface area contributed by atoms with Gasteiger partial charge in [-0.05, 0) is 54.5 Å². The predicted molar refractivity (Wildman–Crippen MR) is 66.6 cm³/mol. The summed E-state index contributed by atoms with van der Waals surface area (Å²) in [6.45, 7) is 0. The van der Waals surface area contributed by atoms with E-state index in [1.54, 1.807) is 6.07 Å². The van der Waals surface area contributed by atoms with Crippen LogP contribution in [0.3, 0.4) is 0 Å². The van der Waals surface area contributed by atoms with Crippen LogP contribution in [0.15, 0.2) is 23.3 Å². The largest absolute Gasteiger partial charge is 0.393 e. The standard InChI is InChI=1S/C13H13FN4O/c14-11-4-8(7-15)3-10(5-11)9-1-2-13(19)12(6-9)17-18-16/h3-5,9,12-13,19H,1-2,6H2. The molecule has 2 rings (SSSR count). The van der Waals surface area contributed by atoms with Crippen molar-refractivity contribution in [2.75, 3.05) is 0 Å². The van der Waals surface area contributed by atoms with E-state index >= 15 is 0 Å². The smallest absolute Gasteiger partial charge is 0.124 e. The number of nitrogens with zero attached hydrogens (tertiary/aromatic N) is 4. The monoisotopic (exact) mass is 260 g/mol. The van der Waals surface area contributed by atoms with E-state index in [4.69, 9.17) is 10.8 Å². The van der Waals surface area contributed by atoms with Crippen LogP contribution < -0.4 is 0 Å². The molecule has 6 heteroatoms. The van der Waals surface area contributed by atoms with Crippen molar-refractivity contribution >= 4 is 0 Å².